The number of amides is 7. The van der Waals surface area contributed by atoms with E-state index >= 15 is 0 Å². The van der Waals surface area contributed by atoms with E-state index in [-0.39, 0.29) is 65.9 Å². The number of nitrogens with zero attached hydrogens (tertiary/aromatic N) is 5. The van der Waals surface area contributed by atoms with Gasteiger partial charge in [-0.15, -0.1) is 0 Å². The van der Waals surface area contributed by atoms with Crippen molar-refractivity contribution in [1.29, 1.82) is 0 Å². The van der Waals surface area contributed by atoms with E-state index in [2.05, 4.69) is 25.7 Å². The van der Waals surface area contributed by atoms with Crippen molar-refractivity contribution in [3.8, 4) is 5.75 Å². The van der Waals surface area contributed by atoms with Crippen LogP contribution in [-0.2, 0) is 61.4 Å². The molecule has 0 spiro atoms. The number of rotatable bonds is 31. The second-order valence-corrected chi connectivity index (χ2v) is 27.5. The van der Waals surface area contributed by atoms with Gasteiger partial charge in [0.05, 0.1) is 59.3 Å². The Morgan fingerprint density at radius 3 is 1.93 bits per heavy atom. The number of nitrogens with one attached hydrogen (secondary N) is 4. The van der Waals surface area contributed by atoms with Crippen LogP contribution in [0.3, 0.4) is 0 Å². The molecule has 1 aliphatic carbocycles. The van der Waals surface area contributed by atoms with E-state index in [4.69, 9.17) is 14.2 Å². The molecule has 5 rings (SSSR count). The van der Waals surface area contributed by atoms with Crippen molar-refractivity contribution in [2.45, 2.75) is 165 Å². The SMILES string of the molecule is CC[C@H](C)[C@@H]([C@@H](CC(=O)N1CCC[C@H]1[C@H](OC)[C@@H](C)C(=O)N[C@@H](Cc1ccc(OC(=O)N2CCC(CNC(=O)c3cc(CSC)nc(CSC)c3)CC2)cc1)C(=O)NS(=O)(=O)C1CC1)OC)N(C)C(=O)[C@@H](NC(=O)[C@H](C(C)C)N(C)C)C(C)C. The van der Waals surface area contributed by atoms with Crippen LogP contribution in [0.2, 0.25) is 0 Å². The number of hydrogen-bond donors (Lipinski definition) is 4. The summed E-state index contributed by atoms with van der Waals surface area (Å²) in [4.78, 5) is 109. The number of likely N-dealkylation sites (tertiary alicyclic amines) is 2. The molecule has 0 bridgehead atoms. The smallest absolute Gasteiger partial charge is 0.410 e. The standard InChI is InChI=1S/C60H95N9O12S3/c1-15-38(6)53(67(10)59(75)51(36(2)3)64-58(74)52(37(4)5)66(8)9)49(79-11)32-50(70)69-26-16-17-48(69)54(80-12)39(7)55(71)63-47(57(73)65-84(77,78)46-22-23-46)29-40-18-20-45(21-19-40)81-60(76)68-27-24-41(25-28-68)33-61-56(72)42-30-43(34-82-13)62-44(31-42)35-83-14/h18-21,30-31,36-39,41,46-49,51-54H,15-17,22-29,32-35H2,1-14H3,(H,61,72)(H,63,71)(H,64,74)(H,65,73)/t38-,39+,47-,48-,49+,51-,52-,53-,54+/m0/s1. The fourth-order valence-corrected chi connectivity index (χ4v) is 13.8. The van der Waals surface area contributed by atoms with Crippen LogP contribution < -0.4 is 25.4 Å². The molecule has 2 aliphatic heterocycles. The molecule has 9 atom stereocenters. The highest BCUT2D eigenvalue weighted by atomic mass is 32.2. The fourth-order valence-electron chi connectivity index (χ4n) is 11.6. The van der Waals surface area contributed by atoms with Crippen LogP contribution >= 0.6 is 23.5 Å². The maximum Gasteiger partial charge on any atom is 0.415 e. The lowest BCUT2D eigenvalue weighted by Gasteiger charge is -2.41. The van der Waals surface area contributed by atoms with Crippen molar-refractivity contribution in [2.24, 2.45) is 29.6 Å². The predicted molar refractivity (Wildman–Crippen MR) is 329 cm³/mol. The van der Waals surface area contributed by atoms with Crippen molar-refractivity contribution in [3.05, 3.63) is 58.9 Å². The van der Waals surface area contributed by atoms with Crippen LogP contribution in [0.15, 0.2) is 36.4 Å². The van der Waals surface area contributed by atoms with Gasteiger partial charge in [-0.2, -0.15) is 23.5 Å². The van der Waals surface area contributed by atoms with E-state index < -0.39 is 81.5 Å². The number of carbonyl (C=O) groups excluding carboxylic acids is 7. The molecule has 3 fully saturated rings. The number of piperidine rings is 1. The maximum absolute atomic E-state index is 14.6. The molecule has 1 saturated carbocycles. The Bertz CT molecular complexity index is 2620. The van der Waals surface area contributed by atoms with Gasteiger partial charge in [0.15, 0.2) is 0 Å². The molecule has 24 heteroatoms. The molecule has 3 aliphatic rings. The summed E-state index contributed by atoms with van der Waals surface area (Å²) in [5.74, 6) is -1.89. The zero-order chi connectivity index (χ0) is 62.2. The van der Waals surface area contributed by atoms with E-state index in [1.54, 1.807) is 76.5 Å². The largest absolute Gasteiger partial charge is 0.415 e. The summed E-state index contributed by atoms with van der Waals surface area (Å²) in [6.07, 6.45) is 5.66. The molecule has 470 valence electrons. The number of ether oxygens (including phenoxy) is 3. The van der Waals surface area contributed by atoms with Gasteiger partial charge in [0.2, 0.25) is 33.7 Å². The van der Waals surface area contributed by atoms with Crippen LogP contribution in [-0.4, -0.2) is 196 Å². The van der Waals surface area contributed by atoms with Crippen molar-refractivity contribution >= 4 is 75.1 Å². The zero-order valence-electron chi connectivity index (χ0n) is 51.9. The Morgan fingerprint density at radius 2 is 1.40 bits per heavy atom. The van der Waals surface area contributed by atoms with Gasteiger partial charge in [-0.3, -0.25) is 43.4 Å². The van der Waals surface area contributed by atoms with Crippen molar-refractivity contribution in [2.75, 3.05) is 74.1 Å². The Balaban J connectivity index is 1.22. The maximum atomic E-state index is 14.6. The second kappa shape index (κ2) is 32.7. The lowest BCUT2D eigenvalue weighted by Crippen LogP contribution is -2.59. The Kier molecular flexibility index (Phi) is 27.1. The van der Waals surface area contributed by atoms with Crippen molar-refractivity contribution < 1.29 is 56.2 Å². The van der Waals surface area contributed by atoms with Gasteiger partial charge in [0.1, 0.15) is 17.8 Å². The third-order valence-corrected chi connectivity index (χ3v) is 19.6. The fraction of sp³-hybridized carbons (Fsp3) is 0.700. The summed E-state index contributed by atoms with van der Waals surface area (Å²) >= 11 is 3.30. The number of likely N-dealkylation sites (N-methyl/N-ethyl adjacent to an activating group) is 2. The Morgan fingerprint density at radius 1 is 0.786 bits per heavy atom. The molecule has 3 heterocycles. The van der Waals surface area contributed by atoms with Gasteiger partial charge in [0.25, 0.3) is 11.8 Å². The first-order chi connectivity index (χ1) is 39.8. The molecule has 7 amide bonds. The van der Waals surface area contributed by atoms with Crippen LogP contribution in [0.1, 0.15) is 127 Å². The molecule has 21 nitrogen and oxygen atoms in total. The van der Waals surface area contributed by atoms with Gasteiger partial charge < -0.3 is 44.9 Å². The van der Waals surface area contributed by atoms with Crippen LogP contribution in [0.25, 0.3) is 0 Å². The molecule has 1 aromatic heterocycles. The van der Waals surface area contributed by atoms with Gasteiger partial charge in [-0.25, -0.2) is 13.2 Å². The minimum atomic E-state index is -4.00. The third-order valence-electron chi connectivity index (χ3n) is 16.6. The highest BCUT2D eigenvalue weighted by Gasteiger charge is 2.44. The second-order valence-electron chi connectivity index (χ2n) is 23.8. The average Bonchev–Trinajstić information content (AvgIpc) is 4.28. The molecule has 4 N–H and O–H groups in total. The molecule has 0 unspecified atom stereocenters. The molecule has 1 aromatic carbocycles. The van der Waals surface area contributed by atoms with Crippen LogP contribution in [0.5, 0.6) is 5.75 Å². The monoisotopic (exact) mass is 1230 g/mol. The summed E-state index contributed by atoms with van der Waals surface area (Å²) in [5, 5.41) is 8.20. The number of benzene rings is 1. The van der Waals surface area contributed by atoms with Crippen molar-refractivity contribution in [3.63, 3.8) is 0 Å². The average molecular weight is 1230 g/mol. The number of carbonyl (C=O) groups is 7. The third kappa shape index (κ3) is 19.2. The normalized spacial score (nSPS) is 18.8. The summed E-state index contributed by atoms with van der Waals surface area (Å²) in [5.41, 5.74) is 2.87. The van der Waals surface area contributed by atoms with E-state index in [9.17, 15) is 42.0 Å². The van der Waals surface area contributed by atoms with Crippen LogP contribution in [0.4, 0.5) is 4.79 Å². The number of methoxy groups -OCH3 is 2. The van der Waals surface area contributed by atoms with Gasteiger partial charge in [-0.1, -0.05) is 67.0 Å². The number of sulfonamides is 1. The van der Waals surface area contributed by atoms with Crippen LogP contribution in [0, 0.1) is 29.6 Å². The lowest BCUT2D eigenvalue weighted by molar-refractivity contribution is -0.148. The van der Waals surface area contributed by atoms with E-state index in [0.29, 0.717) is 93.8 Å². The first-order valence-corrected chi connectivity index (χ1v) is 33.9. The molecular formula is C60H95N9O12S3. The minimum absolute atomic E-state index is 0.00505. The number of aromatic nitrogens is 1. The first-order valence-electron chi connectivity index (χ1n) is 29.5. The number of thioether (sulfide) groups is 2. The van der Waals surface area contributed by atoms with Gasteiger partial charge in [-0.05, 0) is 119 Å². The summed E-state index contributed by atoms with van der Waals surface area (Å²) in [6, 6.07) is 6.37. The topological polar surface area (TPSA) is 255 Å². The van der Waals surface area contributed by atoms with Gasteiger partial charge >= 0.3 is 6.09 Å². The molecule has 84 heavy (non-hydrogen) atoms. The number of pyridine rings is 1. The lowest BCUT2D eigenvalue weighted by atomic mass is 9.89. The summed E-state index contributed by atoms with van der Waals surface area (Å²) in [6.45, 7) is 15.1. The van der Waals surface area contributed by atoms with E-state index in [1.165, 1.54) is 14.2 Å². The van der Waals surface area contributed by atoms with Gasteiger partial charge in [0, 0.05) is 70.9 Å². The zero-order valence-corrected chi connectivity index (χ0v) is 54.4. The first kappa shape index (κ1) is 69.8. The molecule has 2 saturated heterocycles. The summed E-state index contributed by atoms with van der Waals surface area (Å²) in [7, 11) is 4.32. The molecule has 0 radical (unpaired) electrons. The highest BCUT2D eigenvalue weighted by molar-refractivity contribution is 7.98. The quantitative estimate of drug-likeness (QED) is 0.0703. The van der Waals surface area contributed by atoms with E-state index in [1.807, 2.05) is 85.2 Å². The molecule has 2 aromatic rings. The Labute approximate surface area is 507 Å². The predicted octanol–water partition coefficient (Wildman–Crippen LogP) is 5.73. The minimum Gasteiger partial charge on any atom is -0.410 e. The molecular weight excluding hydrogens is 1130 g/mol. The summed E-state index contributed by atoms with van der Waals surface area (Å²) < 4.78 is 46.2. The highest BCUT2D eigenvalue weighted by Crippen LogP contribution is 2.31. The Hall–Kier alpha value is -5.01. The van der Waals surface area contributed by atoms with Crippen molar-refractivity contribution in [1.82, 2.24) is 45.3 Å². The van der Waals surface area contributed by atoms with E-state index in [0.717, 1.165) is 11.4 Å². The number of hydrogen-bond acceptors (Lipinski definition) is 16.